The van der Waals surface area contributed by atoms with Crippen LogP contribution in [0, 0.1) is 0 Å². The number of rotatable bonds is 6. The molecular formula is C9H15N3O5. The topological polar surface area (TPSA) is 125 Å². The highest BCUT2D eigenvalue weighted by atomic mass is 16.4. The molecule has 1 unspecified atom stereocenters. The molecule has 0 aromatic rings. The summed E-state index contributed by atoms with van der Waals surface area (Å²) in [6, 6.07) is -0.750. The Balaban J connectivity index is 3.87. The van der Waals surface area contributed by atoms with E-state index in [4.69, 9.17) is 5.11 Å². The standard InChI is InChI=1S/C9H15N3O5/c1-5(12-6(2)13)9(17)11-3-7(14)10-4-8(15)16/h5H,3-4H2,1-2H3,(H,10,14)(H,11,17)(H,12,13)(H,15,16). The molecule has 0 spiro atoms. The van der Waals surface area contributed by atoms with E-state index >= 15 is 0 Å². The van der Waals surface area contributed by atoms with Gasteiger partial charge in [0.1, 0.15) is 12.6 Å². The van der Waals surface area contributed by atoms with E-state index in [0.717, 1.165) is 0 Å². The van der Waals surface area contributed by atoms with Crippen LogP contribution in [0.15, 0.2) is 0 Å². The minimum atomic E-state index is -1.17. The summed E-state index contributed by atoms with van der Waals surface area (Å²) in [5, 5.41) is 14.9. The molecule has 4 N–H and O–H groups in total. The van der Waals surface area contributed by atoms with Crippen LogP contribution in [0.5, 0.6) is 0 Å². The highest BCUT2D eigenvalue weighted by Gasteiger charge is 2.14. The molecule has 0 fully saturated rings. The molecule has 0 radical (unpaired) electrons. The first-order valence-electron chi connectivity index (χ1n) is 4.86. The third-order valence-electron chi connectivity index (χ3n) is 1.67. The highest BCUT2D eigenvalue weighted by Crippen LogP contribution is 1.81. The second kappa shape index (κ2) is 7.20. The van der Waals surface area contributed by atoms with Crippen LogP contribution in [0.2, 0.25) is 0 Å². The lowest BCUT2D eigenvalue weighted by molar-refractivity contribution is -0.138. The SMILES string of the molecule is CC(=O)NC(C)C(=O)NCC(=O)NCC(=O)O. The third-order valence-corrected chi connectivity index (χ3v) is 1.67. The van der Waals surface area contributed by atoms with Crippen LogP contribution in [-0.2, 0) is 19.2 Å². The van der Waals surface area contributed by atoms with Gasteiger partial charge in [0.2, 0.25) is 17.7 Å². The molecule has 0 aliphatic carbocycles. The van der Waals surface area contributed by atoms with E-state index in [2.05, 4.69) is 16.0 Å². The largest absolute Gasteiger partial charge is 0.480 e. The minimum absolute atomic E-state index is 0.337. The fourth-order valence-electron chi connectivity index (χ4n) is 0.928. The molecule has 0 bridgehead atoms. The van der Waals surface area contributed by atoms with Crippen molar-refractivity contribution in [3.63, 3.8) is 0 Å². The monoisotopic (exact) mass is 245 g/mol. The van der Waals surface area contributed by atoms with Gasteiger partial charge < -0.3 is 21.1 Å². The molecule has 0 aromatic carbocycles. The summed E-state index contributed by atoms with van der Waals surface area (Å²) >= 11 is 0. The summed E-state index contributed by atoms with van der Waals surface area (Å²) in [7, 11) is 0. The molecule has 1 atom stereocenters. The first-order chi connectivity index (χ1) is 7.82. The van der Waals surface area contributed by atoms with Crippen molar-refractivity contribution in [2.45, 2.75) is 19.9 Å². The van der Waals surface area contributed by atoms with Crippen molar-refractivity contribution < 1.29 is 24.3 Å². The van der Waals surface area contributed by atoms with E-state index < -0.39 is 30.4 Å². The molecule has 3 amide bonds. The number of nitrogens with one attached hydrogen (secondary N) is 3. The fourth-order valence-corrected chi connectivity index (χ4v) is 0.928. The number of carboxylic acid groups (broad SMARTS) is 1. The summed E-state index contributed by atoms with van der Waals surface area (Å²) in [6.45, 7) is 1.89. The molecule has 0 aliphatic rings. The van der Waals surface area contributed by atoms with E-state index in [1.807, 2.05) is 0 Å². The van der Waals surface area contributed by atoms with Gasteiger partial charge >= 0.3 is 5.97 Å². The zero-order valence-electron chi connectivity index (χ0n) is 9.57. The molecule has 0 aromatic heterocycles. The number of carboxylic acids is 1. The average molecular weight is 245 g/mol. The summed E-state index contributed by atoms with van der Waals surface area (Å²) in [5.41, 5.74) is 0. The van der Waals surface area contributed by atoms with Gasteiger partial charge in [-0.2, -0.15) is 0 Å². The van der Waals surface area contributed by atoms with Gasteiger partial charge in [0.05, 0.1) is 6.54 Å². The molecule has 0 heterocycles. The van der Waals surface area contributed by atoms with Crippen LogP contribution >= 0.6 is 0 Å². The van der Waals surface area contributed by atoms with Crippen LogP contribution in [0.25, 0.3) is 0 Å². The van der Waals surface area contributed by atoms with Crippen molar-refractivity contribution in [3.05, 3.63) is 0 Å². The van der Waals surface area contributed by atoms with Crippen molar-refractivity contribution in [2.24, 2.45) is 0 Å². The first-order valence-corrected chi connectivity index (χ1v) is 4.86. The predicted octanol–water partition coefficient (Wildman–Crippen LogP) is -2.17. The van der Waals surface area contributed by atoms with Gasteiger partial charge in [-0.3, -0.25) is 19.2 Å². The van der Waals surface area contributed by atoms with E-state index in [1.54, 1.807) is 0 Å². The molecular weight excluding hydrogens is 230 g/mol. The first kappa shape index (κ1) is 14.9. The Labute approximate surface area is 97.7 Å². The minimum Gasteiger partial charge on any atom is -0.480 e. The molecule has 96 valence electrons. The van der Waals surface area contributed by atoms with E-state index in [-0.39, 0.29) is 12.5 Å². The van der Waals surface area contributed by atoms with Crippen LogP contribution in [0.3, 0.4) is 0 Å². The normalized spacial score (nSPS) is 11.2. The van der Waals surface area contributed by atoms with Gasteiger partial charge in [0, 0.05) is 6.92 Å². The number of carbonyl (C=O) groups excluding carboxylic acids is 3. The Bertz CT molecular complexity index is 329. The van der Waals surface area contributed by atoms with Crippen LogP contribution in [0.1, 0.15) is 13.8 Å². The summed E-state index contributed by atoms with van der Waals surface area (Å²) in [5.74, 6) is -2.67. The Hall–Kier alpha value is -2.12. The van der Waals surface area contributed by atoms with Gasteiger partial charge in [-0.05, 0) is 6.92 Å². The van der Waals surface area contributed by atoms with Gasteiger partial charge in [-0.25, -0.2) is 0 Å². The molecule has 0 saturated carbocycles. The number of hydrogen-bond acceptors (Lipinski definition) is 4. The van der Waals surface area contributed by atoms with Crippen LogP contribution in [0.4, 0.5) is 0 Å². The van der Waals surface area contributed by atoms with Crippen molar-refractivity contribution in [2.75, 3.05) is 13.1 Å². The van der Waals surface area contributed by atoms with Gasteiger partial charge in [-0.1, -0.05) is 0 Å². The van der Waals surface area contributed by atoms with Crippen molar-refractivity contribution >= 4 is 23.7 Å². The van der Waals surface area contributed by atoms with Crippen LogP contribution in [-0.4, -0.2) is 47.9 Å². The summed E-state index contributed by atoms with van der Waals surface area (Å²) < 4.78 is 0. The zero-order valence-corrected chi connectivity index (χ0v) is 9.57. The quantitative estimate of drug-likeness (QED) is 0.424. The Kier molecular flexibility index (Phi) is 6.30. The maximum absolute atomic E-state index is 11.3. The molecule has 0 saturated heterocycles. The smallest absolute Gasteiger partial charge is 0.322 e. The van der Waals surface area contributed by atoms with Crippen molar-refractivity contribution in [1.82, 2.24) is 16.0 Å². The Morgan fingerprint density at radius 2 is 1.71 bits per heavy atom. The third kappa shape index (κ3) is 7.77. The van der Waals surface area contributed by atoms with Crippen molar-refractivity contribution in [3.8, 4) is 0 Å². The predicted molar refractivity (Wildman–Crippen MR) is 56.9 cm³/mol. The molecule has 8 nitrogen and oxygen atoms in total. The number of carbonyl (C=O) groups is 4. The molecule has 17 heavy (non-hydrogen) atoms. The second-order valence-electron chi connectivity index (χ2n) is 3.31. The number of aliphatic carboxylic acids is 1. The van der Waals surface area contributed by atoms with Gasteiger partial charge in [0.15, 0.2) is 0 Å². The molecule has 0 aliphatic heterocycles. The summed E-state index contributed by atoms with van der Waals surface area (Å²) in [6.07, 6.45) is 0. The van der Waals surface area contributed by atoms with Crippen LogP contribution < -0.4 is 16.0 Å². The maximum atomic E-state index is 11.3. The lowest BCUT2D eigenvalue weighted by Gasteiger charge is -2.12. The second-order valence-corrected chi connectivity index (χ2v) is 3.31. The number of amides is 3. The Morgan fingerprint density at radius 1 is 1.12 bits per heavy atom. The van der Waals surface area contributed by atoms with Crippen molar-refractivity contribution in [1.29, 1.82) is 0 Å². The van der Waals surface area contributed by atoms with Gasteiger partial charge in [-0.15, -0.1) is 0 Å². The molecule has 8 heteroatoms. The lowest BCUT2D eigenvalue weighted by atomic mass is 10.3. The van der Waals surface area contributed by atoms with E-state index in [0.29, 0.717) is 0 Å². The van der Waals surface area contributed by atoms with E-state index in [9.17, 15) is 19.2 Å². The maximum Gasteiger partial charge on any atom is 0.322 e. The number of hydrogen-bond donors (Lipinski definition) is 4. The average Bonchev–Trinajstić information content (AvgIpc) is 2.21. The zero-order chi connectivity index (χ0) is 13.4. The molecule has 0 rings (SSSR count). The fraction of sp³-hybridized carbons (Fsp3) is 0.556. The highest BCUT2D eigenvalue weighted by molar-refractivity contribution is 5.90. The Morgan fingerprint density at radius 3 is 2.18 bits per heavy atom. The lowest BCUT2D eigenvalue weighted by Crippen LogP contribution is -2.47. The van der Waals surface area contributed by atoms with E-state index in [1.165, 1.54) is 13.8 Å². The van der Waals surface area contributed by atoms with Gasteiger partial charge in [0.25, 0.3) is 0 Å². The summed E-state index contributed by atoms with van der Waals surface area (Å²) in [4.78, 5) is 43.1.